The van der Waals surface area contributed by atoms with Gasteiger partial charge in [0, 0.05) is 50.7 Å². The van der Waals surface area contributed by atoms with Gasteiger partial charge in [0.1, 0.15) is 12.4 Å². The molecule has 1 aromatic carbocycles. The molecule has 5 rings (SSSR count). The number of aliphatic hydroxyl groups is 1. The maximum atomic E-state index is 13.5. The van der Waals surface area contributed by atoms with Gasteiger partial charge in [-0.2, -0.15) is 0 Å². The summed E-state index contributed by atoms with van der Waals surface area (Å²) in [6, 6.07) is 8.62. The lowest BCUT2D eigenvalue weighted by atomic mass is 9.82. The normalized spacial score (nSPS) is 29.6. The van der Waals surface area contributed by atoms with E-state index in [1.54, 1.807) is 4.90 Å². The van der Waals surface area contributed by atoms with Crippen LogP contribution in [0.5, 0.6) is 5.75 Å². The highest BCUT2D eigenvalue weighted by molar-refractivity contribution is 5.79. The number of nitrogens with zero attached hydrogens (tertiary/aromatic N) is 3. The fourth-order valence-corrected chi connectivity index (χ4v) is 6.27. The Labute approximate surface area is 208 Å². The number of likely N-dealkylation sites (tertiary alicyclic amines) is 1. The third-order valence-corrected chi connectivity index (χ3v) is 8.36. The predicted octanol–water partition coefficient (Wildman–Crippen LogP) is 2.83. The molecule has 1 N–H and O–H groups in total. The van der Waals surface area contributed by atoms with Crippen molar-refractivity contribution in [2.75, 3.05) is 39.3 Å². The molecule has 1 aliphatic carbocycles. The van der Waals surface area contributed by atoms with Gasteiger partial charge < -0.3 is 19.6 Å². The van der Waals surface area contributed by atoms with Gasteiger partial charge in [-0.25, -0.2) is 0 Å². The second-order valence-corrected chi connectivity index (χ2v) is 10.7. The van der Waals surface area contributed by atoms with E-state index in [1.165, 1.54) is 12.8 Å². The molecule has 7 heteroatoms. The van der Waals surface area contributed by atoms with Crippen molar-refractivity contribution in [1.29, 1.82) is 0 Å². The van der Waals surface area contributed by atoms with Crippen LogP contribution in [-0.4, -0.2) is 83.1 Å². The number of fused-ring (bicyclic) bond motifs is 3. The number of piperidine rings is 1. The minimum absolute atomic E-state index is 0.125. The zero-order valence-corrected chi connectivity index (χ0v) is 20.7. The number of aliphatic hydroxyl groups excluding tert-OH is 1. The van der Waals surface area contributed by atoms with Crippen LogP contribution in [0.3, 0.4) is 0 Å². The lowest BCUT2D eigenvalue weighted by molar-refractivity contribution is -0.136. The smallest absolute Gasteiger partial charge is 0.236 e. The molecule has 7 nitrogen and oxygen atoms in total. The summed E-state index contributed by atoms with van der Waals surface area (Å²) in [5, 5.41) is 9.83. The molecule has 1 saturated carbocycles. The Balaban J connectivity index is 1.34. The molecule has 1 aromatic rings. The van der Waals surface area contributed by atoms with E-state index in [1.807, 2.05) is 23.1 Å². The van der Waals surface area contributed by atoms with Crippen LogP contribution in [0.25, 0.3) is 0 Å². The molecule has 35 heavy (non-hydrogen) atoms. The van der Waals surface area contributed by atoms with Gasteiger partial charge in [0.25, 0.3) is 0 Å². The molecule has 4 aliphatic rings. The Hall–Kier alpha value is -2.38. The van der Waals surface area contributed by atoms with Gasteiger partial charge in [-0.15, -0.1) is 0 Å². The van der Waals surface area contributed by atoms with Crippen LogP contribution in [0, 0.1) is 11.8 Å². The first kappa shape index (κ1) is 24.3. The Morgan fingerprint density at radius 3 is 2.66 bits per heavy atom. The summed E-state index contributed by atoms with van der Waals surface area (Å²) in [6.45, 7) is 4.08. The summed E-state index contributed by atoms with van der Waals surface area (Å²) in [7, 11) is 0. The van der Waals surface area contributed by atoms with E-state index < -0.39 is 6.10 Å². The van der Waals surface area contributed by atoms with Crippen LogP contribution in [-0.2, 0) is 16.1 Å². The van der Waals surface area contributed by atoms with Crippen molar-refractivity contribution in [3.8, 4) is 5.75 Å². The molecular weight excluding hydrogens is 442 g/mol. The molecule has 3 aliphatic heterocycles. The molecular formula is C28H39N3O4. The summed E-state index contributed by atoms with van der Waals surface area (Å²) >= 11 is 0. The van der Waals surface area contributed by atoms with Crippen molar-refractivity contribution in [1.82, 2.24) is 14.7 Å². The molecule has 0 unspecified atom stereocenters. The van der Waals surface area contributed by atoms with Gasteiger partial charge in [0.2, 0.25) is 11.8 Å². The van der Waals surface area contributed by atoms with Crippen molar-refractivity contribution in [3.63, 3.8) is 0 Å². The zero-order valence-electron chi connectivity index (χ0n) is 20.7. The first-order valence-electron chi connectivity index (χ1n) is 13.4. The van der Waals surface area contributed by atoms with E-state index in [4.69, 9.17) is 4.74 Å². The first-order chi connectivity index (χ1) is 17.1. The van der Waals surface area contributed by atoms with Crippen molar-refractivity contribution >= 4 is 11.8 Å². The summed E-state index contributed by atoms with van der Waals surface area (Å²) in [5.74, 6) is 1.53. The van der Waals surface area contributed by atoms with Crippen LogP contribution in [0.15, 0.2) is 36.4 Å². The van der Waals surface area contributed by atoms with Gasteiger partial charge in [-0.05, 0) is 43.6 Å². The van der Waals surface area contributed by atoms with Gasteiger partial charge >= 0.3 is 0 Å². The Bertz CT molecular complexity index is 929. The van der Waals surface area contributed by atoms with E-state index >= 15 is 0 Å². The number of para-hydroxylation sites is 1. The van der Waals surface area contributed by atoms with E-state index in [0.29, 0.717) is 58.2 Å². The first-order valence-corrected chi connectivity index (χ1v) is 13.4. The Morgan fingerprint density at radius 1 is 1.03 bits per heavy atom. The van der Waals surface area contributed by atoms with E-state index in [-0.39, 0.29) is 23.7 Å². The Kier molecular flexibility index (Phi) is 7.73. The van der Waals surface area contributed by atoms with Crippen LogP contribution in [0.4, 0.5) is 0 Å². The number of benzene rings is 1. The van der Waals surface area contributed by atoms with Crippen LogP contribution in [0.2, 0.25) is 0 Å². The molecule has 3 atom stereocenters. The van der Waals surface area contributed by atoms with Crippen molar-refractivity contribution in [3.05, 3.63) is 42.0 Å². The zero-order chi connectivity index (χ0) is 24.2. The number of β-amino-alcohol motifs (C(OH)–C–C–N with tert-alkyl or cyclic N) is 1. The lowest BCUT2D eigenvalue weighted by Gasteiger charge is -2.39. The largest absolute Gasteiger partial charge is 0.489 e. The van der Waals surface area contributed by atoms with Gasteiger partial charge in [0.15, 0.2) is 0 Å². The number of carbonyl (C=O) groups is 2. The van der Waals surface area contributed by atoms with Gasteiger partial charge in [0.05, 0.1) is 12.6 Å². The number of amides is 2. The number of carbonyl (C=O) groups excluding carboxylic acids is 2. The maximum Gasteiger partial charge on any atom is 0.236 e. The highest BCUT2D eigenvalue weighted by atomic mass is 16.5. The molecule has 0 aromatic heterocycles. The lowest BCUT2D eigenvalue weighted by Crippen LogP contribution is -2.49. The third-order valence-electron chi connectivity index (χ3n) is 8.36. The number of rotatable bonds is 3. The quantitative estimate of drug-likeness (QED) is 0.672. The number of ether oxygens (including phenoxy) is 1. The Morgan fingerprint density at radius 2 is 1.86 bits per heavy atom. The molecule has 2 amide bonds. The number of hydrogen-bond acceptors (Lipinski definition) is 5. The minimum atomic E-state index is -0.397. The molecule has 3 heterocycles. The third kappa shape index (κ3) is 5.89. The second-order valence-electron chi connectivity index (χ2n) is 10.7. The van der Waals surface area contributed by atoms with E-state index in [9.17, 15) is 14.7 Å². The van der Waals surface area contributed by atoms with Gasteiger partial charge in [-0.3, -0.25) is 14.5 Å². The van der Waals surface area contributed by atoms with Crippen molar-refractivity contribution < 1.29 is 19.4 Å². The van der Waals surface area contributed by atoms with Crippen LogP contribution < -0.4 is 4.74 Å². The highest BCUT2D eigenvalue weighted by Gasteiger charge is 2.35. The van der Waals surface area contributed by atoms with Crippen molar-refractivity contribution in [2.45, 2.75) is 63.6 Å². The van der Waals surface area contributed by atoms with E-state index in [0.717, 1.165) is 37.1 Å². The SMILES string of the molecule is O=C(C[C@@H]1CCN2C[C@@H]1/C=C\COc1ccccc1CN(C1CCCC1)CC2=O)N1CC[C@@H](O)C1. The average molecular weight is 482 g/mol. The second kappa shape index (κ2) is 11.1. The molecule has 3 fully saturated rings. The fourth-order valence-electron chi connectivity index (χ4n) is 6.27. The fraction of sp³-hybridized carbons (Fsp3) is 0.643. The van der Waals surface area contributed by atoms with Crippen LogP contribution >= 0.6 is 0 Å². The molecule has 0 spiro atoms. The maximum absolute atomic E-state index is 13.5. The predicted molar refractivity (Wildman–Crippen MR) is 134 cm³/mol. The van der Waals surface area contributed by atoms with Gasteiger partial charge in [-0.1, -0.05) is 43.2 Å². The molecule has 0 radical (unpaired) electrons. The topological polar surface area (TPSA) is 73.3 Å². The van der Waals surface area contributed by atoms with Crippen LogP contribution in [0.1, 0.15) is 50.5 Å². The molecule has 2 saturated heterocycles. The summed E-state index contributed by atoms with van der Waals surface area (Å²) in [5.41, 5.74) is 1.13. The molecule has 2 bridgehead atoms. The monoisotopic (exact) mass is 481 g/mol. The van der Waals surface area contributed by atoms with Crippen molar-refractivity contribution in [2.24, 2.45) is 11.8 Å². The molecule has 190 valence electrons. The van der Waals surface area contributed by atoms with E-state index in [2.05, 4.69) is 23.1 Å². The highest BCUT2D eigenvalue weighted by Crippen LogP contribution is 2.31. The summed E-state index contributed by atoms with van der Waals surface area (Å²) in [4.78, 5) is 32.6. The summed E-state index contributed by atoms with van der Waals surface area (Å²) in [6.07, 6.45) is 10.5. The average Bonchev–Trinajstić information content (AvgIpc) is 3.55. The number of hydrogen-bond donors (Lipinski definition) is 1. The summed E-state index contributed by atoms with van der Waals surface area (Å²) < 4.78 is 6.17. The minimum Gasteiger partial charge on any atom is -0.489 e. The standard InChI is InChI=1S/C28H39N3O4/c32-25-12-14-30(19-25)27(33)16-21-11-13-29-17-22(21)7-5-15-35-26-10-4-1-6-23(26)18-31(20-28(29)34)24-8-2-3-9-24/h1,4-7,10,21-22,24-25,32H,2-3,8-9,11-20H2/b7-5-/t21-,22-,25+/m0/s1.